The second-order valence-corrected chi connectivity index (χ2v) is 6.63. The molecule has 0 heterocycles. The third kappa shape index (κ3) is 3.47. The van der Waals surface area contributed by atoms with Crippen molar-refractivity contribution in [2.24, 2.45) is 0 Å². The van der Waals surface area contributed by atoms with Gasteiger partial charge in [-0.2, -0.15) is 0 Å². The number of nitrogens with one attached hydrogen (secondary N) is 1. The molecule has 1 aromatic rings. The number of carbonyl (C=O) groups excluding carboxylic acids is 1. The van der Waals surface area contributed by atoms with Crippen LogP contribution in [-0.2, 0) is 10.0 Å². The molecule has 1 aliphatic carbocycles. The molecule has 1 aromatic carbocycles. The lowest BCUT2D eigenvalue weighted by molar-refractivity contribution is 0.0951. The molecule has 104 valence electrons. The lowest BCUT2D eigenvalue weighted by atomic mass is 10.2. The van der Waals surface area contributed by atoms with Crippen LogP contribution in [0.5, 0.6) is 0 Å². The molecule has 0 spiro atoms. The van der Waals surface area contributed by atoms with Crippen LogP contribution >= 0.6 is 0 Å². The van der Waals surface area contributed by atoms with Gasteiger partial charge in [-0.3, -0.25) is 9.10 Å². The van der Waals surface area contributed by atoms with E-state index >= 15 is 0 Å². The van der Waals surface area contributed by atoms with E-state index in [0.717, 1.165) is 12.8 Å². The Labute approximate surface area is 113 Å². The molecule has 1 amide bonds. The average molecular weight is 282 g/mol. The summed E-state index contributed by atoms with van der Waals surface area (Å²) in [6.45, 7) is 2.14. The van der Waals surface area contributed by atoms with Gasteiger partial charge in [0.15, 0.2) is 0 Å². The SMILES string of the molecule is CCN(c1ccc(C(=O)NC2CC2)cc1)S(C)(=O)=O. The maximum atomic E-state index is 11.8. The Kier molecular flexibility index (Phi) is 3.80. The van der Waals surface area contributed by atoms with E-state index in [1.54, 1.807) is 31.2 Å². The molecule has 0 atom stereocenters. The molecule has 0 bridgehead atoms. The van der Waals surface area contributed by atoms with Crippen molar-refractivity contribution in [2.45, 2.75) is 25.8 Å². The molecule has 19 heavy (non-hydrogen) atoms. The maximum Gasteiger partial charge on any atom is 0.251 e. The highest BCUT2D eigenvalue weighted by molar-refractivity contribution is 7.92. The summed E-state index contributed by atoms with van der Waals surface area (Å²) in [5, 5.41) is 2.89. The molecule has 0 unspecified atom stereocenters. The number of nitrogens with zero attached hydrogens (tertiary/aromatic N) is 1. The van der Waals surface area contributed by atoms with Gasteiger partial charge in [0.25, 0.3) is 5.91 Å². The maximum absolute atomic E-state index is 11.8. The molecule has 1 saturated carbocycles. The van der Waals surface area contributed by atoms with Crippen molar-refractivity contribution in [1.29, 1.82) is 0 Å². The standard InChI is InChI=1S/C13H18N2O3S/c1-3-15(19(2,17)18)12-8-4-10(5-9-12)13(16)14-11-6-7-11/h4-5,8-9,11H,3,6-7H2,1-2H3,(H,14,16). The van der Waals surface area contributed by atoms with E-state index in [9.17, 15) is 13.2 Å². The normalized spacial score (nSPS) is 15.1. The van der Waals surface area contributed by atoms with Crippen LogP contribution in [-0.4, -0.2) is 33.2 Å². The number of hydrogen-bond donors (Lipinski definition) is 1. The third-order valence-corrected chi connectivity index (χ3v) is 4.29. The van der Waals surface area contributed by atoms with Gasteiger partial charge in [-0.25, -0.2) is 8.42 Å². The minimum absolute atomic E-state index is 0.101. The van der Waals surface area contributed by atoms with Crippen LogP contribution in [0, 0.1) is 0 Å². The van der Waals surface area contributed by atoms with Gasteiger partial charge in [0.05, 0.1) is 11.9 Å². The Hall–Kier alpha value is -1.56. The quantitative estimate of drug-likeness (QED) is 0.887. The minimum Gasteiger partial charge on any atom is -0.349 e. The van der Waals surface area contributed by atoms with Gasteiger partial charge in [-0.15, -0.1) is 0 Å². The zero-order valence-electron chi connectivity index (χ0n) is 11.1. The number of rotatable bonds is 5. The van der Waals surface area contributed by atoms with Crippen LogP contribution in [0.3, 0.4) is 0 Å². The number of amides is 1. The molecular formula is C13H18N2O3S. The second kappa shape index (κ2) is 5.21. The fraction of sp³-hybridized carbons (Fsp3) is 0.462. The highest BCUT2D eigenvalue weighted by Crippen LogP contribution is 2.21. The van der Waals surface area contributed by atoms with Gasteiger partial charge < -0.3 is 5.32 Å². The molecule has 5 nitrogen and oxygen atoms in total. The van der Waals surface area contributed by atoms with E-state index in [0.29, 0.717) is 23.8 Å². The van der Waals surface area contributed by atoms with E-state index in [1.807, 2.05) is 0 Å². The first kappa shape index (κ1) is 13.9. The number of anilines is 1. The highest BCUT2D eigenvalue weighted by Gasteiger charge is 2.24. The second-order valence-electron chi connectivity index (χ2n) is 4.72. The molecule has 1 fully saturated rings. The molecule has 1 N–H and O–H groups in total. The first-order valence-electron chi connectivity index (χ1n) is 6.30. The fourth-order valence-corrected chi connectivity index (χ4v) is 2.86. The Morgan fingerprint density at radius 1 is 1.32 bits per heavy atom. The fourth-order valence-electron chi connectivity index (χ4n) is 1.88. The van der Waals surface area contributed by atoms with Crippen molar-refractivity contribution < 1.29 is 13.2 Å². The summed E-state index contributed by atoms with van der Waals surface area (Å²) < 4.78 is 24.5. The molecular weight excluding hydrogens is 264 g/mol. The van der Waals surface area contributed by atoms with Crippen molar-refractivity contribution >= 4 is 21.6 Å². The number of benzene rings is 1. The van der Waals surface area contributed by atoms with Crippen molar-refractivity contribution in [3.8, 4) is 0 Å². The first-order chi connectivity index (χ1) is 8.91. The van der Waals surface area contributed by atoms with Gasteiger partial charge in [-0.1, -0.05) is 0 Å². The van der Waals surface area contributed by atoms with Crippen LogP contribution in [0.4, 0.5) is 5.69 Å². The van der Waals surface area contributed by atoms with E-state index in [-0.39, 0.29) is 5.91 Å². The minimum atomic E-state index is -3.28. The molecule has 2 rings (SSSR count). The van der Waals surface area contributed by atoms with Gasteiger partial charge in [0, 0.05) is 18.2 Å². The molecule has 1 aliphatic rings. The molecule has 0 aromatic heterocycles. The van der Waals surface area contributed by atoms with Crippen LogP contribution in [0.25, 0.3) is 0 Å². The van der Waals surface area contributed by atoms with Crippen LogP contribution < -0.4 is 9.62 Å². The number of carbonyl (C=O) groups is 1. The predicted molar refractivity (Wildman–Crippen MR) is 74.8 cm³/mol. The van der Waals surface area contributed by atoms with Crippen molar-refractivity contribution in [3.05, 3.63) is 29.8 Å². The van der Waals surface area contributed by atoms with E-state index in [4.69, 9.17) is 0 Å². The summed E-state index contributed by atoms with van der Waals surface area (Å²) in [6.07, 6.45) is 3.26. The zero-order chi connectivity index (χ0) is 14.0. The zero-order valence-corrected chi connectivity index (χ0v) is 11.9. The van der Waals surface area contributed by atoms with Gasteiger partial charge in [0.1, 0.15) is 0 Å². The topological polar surface area (TPSA) is 66.5 Å². The summed E-state index contributed by atoms with van der Waals surface area (Å²) in [5.41, 5.74) is 1.13. The molecule has 0 saturated heterocycles. The van der Waals surface area contributed by atoms with Gasteiger partial charge in [-0.05, 0) is 44.0 Å². The Morgan fingerprint density at radius 2 is 1.89 bits per heavy atom. The van der Waals surface area contributed by atoms with Crippen molar-refractivity contribution in [1.82, 2.24) is 5.32 Å². The summed E-state index contributed by atoms with van der Waals surface area (Å²) in [4.78, 5) is 11.8. The Balaban J connectivity index is 2.14. The largest absolute Gasteiger partial charge is 0.349 e. The van der Waals surface area contributed by atoms with Gasteiger partial charge in [0.2, 0.25) is 10.0 Å². The molecule has 0 aliphatic heterocycles. The van der Waals surface area contributed by atoms with Crippen molar-refractivity contribution in [2.75, 3.05) is 17.1 Å². The Bertz CT molecular complexity index is 562. The third-order valence-electron chi connectivity index (χ3n) is 3.02. The lowest BCUT2D eigenvalue weighted by Crippen LogP contribution is -2.29. The monoisotopic (exact) mass is 282 g/mol. The van der Waals surface area contributed by atoms with Gasteiger partial charge >= 0.3 is 0 Å². The van der Waals surface area contributed by atoms with Crippen LogP contribution in [0.1, 0.15) is 30.1 Å². The average Bonchev–Trinajstić information content (AvgIpc) is 3.13. The number of hydrogen-bond acceptors (Lipinski definition) is 3. The first-order valence-corrected chi connectivity index (χ1v) is 8.15. The predicted octanol–water partition coefficient (Wildman–Crippen LogP) is 1.36. The van der Waals surface area contributed by atoms with E-state index in [1.165, 1.54) is 10.6 Å². The summed E-state index contributed by atoms with van der Waals surface area (Å²) >= 11 is 0. The van der Waals surface area contributed by atoms with Crippen LogP contribution in [0.2, 0.25) is 0 Å². The molecule has 6 heteroatoms. The summed E-state index contributed by atoms with van der Waals surface area (Å²) in [6, 6.07) is 6.94. The Morgan fingerprint density at radius 3 is 2.32 bits per heavy atom. The highest BCUT2D eigenvalue weighted by atomic mass is 32.2. The smallest absolute Gasteiger partial charge is 0.251 e. The molecule has 0 radical (unpaired) electrons. The summed E-state index contributed by atoms with van der Waals surface area (Å²) in [5.74, 6) is -0.101. The summed E-state index contributed by atoms with van der Waals surface area (Å²) in [7, 11) is -3.28. The van der Waals surface area contributed by atoms with Crippen LogP contribution in [0.15, 0.2) is 24.3 Å². The number of sulfonamides is 1. The van der Waals surface area contributed by atoms with E-state index < -0.39 is 10.0 Å². The lowest BCUT2D eigenvalue weighted by Gasteiger charge is -2.20. The van der Waals surface area contributed by atoms with Crippen molar-refractivity contribution in [3.63, 3.8) is 0 Å². The van der Waals surface area contributed by atoms with E-state index in [2.05, 4.69) is 5.32 Å².